The van der Waals surface area contributed by atoms with Gasteiger partial charge in [0.25, 0.3) is 0 Å². The van der Waals surface area contributed by atoms with Crippen molar-refractivity contribution in [1.82, 2.24) is 4.98 Å². The third-order valence-corrected chi connectivity index (χ3v) is 3.52. The molecule has 2 aromatic rings. The molecule has 3 nitrogen and oxygen atoms in total. The van der Waals surface area contributed by atoms with E-state index in [9.17, 15) is 5.11 Å². The number of aromatic nitrogens is 1. The van der Waals surface area contributed by atoms with Crippen molar-refractivity contribution < 1.29 is 5.11 Å². The molecule has 0 unspecified atom stereocenters. The van der Waals surface area contributed by atoms with Crippen molar-refractivity contribution in [2.75, 3.05) is 11.9 Å². The fourth-order valence-corrected chi connectivity index (χ4v) is 2.11. The topological polar surface area (TPSA) is 36.4 Å². The third-order valence-electron chi connectivity index (χ3n) is 3.27. The highest BCUT2D eigenvalue weighted by Gasteiger charge is 2.08. The molecular formula is C16H19ClN2O. The lowest BCUT2D eigenvalue weighted by atomic mass is 10.1. The van der Waals surface area contributed by atoms with Gasteiger partial charge < -0.3 is 10.0 Å². The van der Waals surface area contributed by atoms with Gasteiger partial charge in [-0.1, -0.05) is 30.7 Å². The number of anilines is 1. The summed E-state index contributed by atoms with van der Waals surface area (Å²) < 4.78 is 0. The zero-order valence-corrected chi connectivity index (χ0v) is 12.5. The Labute approximate surface area is 124 Å². The lowest BCUT2D eigenvalue weighted by molar-refractivity contribution is 0.169. The molecule has 4 heteroatoms. The standard InChI is InChI=1S/C16H19ClN2O/c1-3-16(20)15-9-8-14(10-18-15)19(2)11-12-4-6-13(17)7-5-12/h4-10,16,20H,3,11H2,1-2H3/t16-/m0/s1. The Hall–Kier alpha value is -1.58. The van der Waals surface area contributed by atoms with Gasteiger partial charge in [-0.3, -0.25) is 4.98 Å². The highest BCUT2D eigenvalue weighted by Crippen LogP contribution is 2.19. The van der Waals surface area contributed by atoms with Crippen molar-refractivity contribution in [3.8, 4) is 0 Å². The van der Waals surface area contributed by atoms with Crippen LogP contribution in [0.25, 0.3) is 0 Å². The molecule has 1 heterocycles. The van der Waals surface area contributed by atoms with Crippen molar-refractivity contribution in [3.05, 3.63) is 58.9 Å². The lowest BCUT2D eigenvalue weighted by Gasteiger charge is -2.19. The Balaban J connectivity index is 2.05. The van der Waals surface area contributed by atoms with Crippen LogP contribution in [0.5, 0.6) is 0 Å². The van der Waals surface area contributed by atoms with Gasteiger partial charge in [-0.25, -0.2) is 0 Å². The van der Waals surface area contributed by atoms with Crippen LogP contribution in [0.4, 0.5) is 5.69 Å². The average Bonchev–Trinajstić information content (AvgIpc) is 2.49. The Morgan fingerprint density at radius 1 is 1.20 bits per heavy atom. The van der Waals surface area contributed by atoms with E-state index >= 15 is 0 Å². The van der Waals surface area contributed by atoms with E-state index < -0.39 is 6.10 Å². The first-order valence-electron chi connectivity index (χ1n) is 6.69. The Morgan fingerprint density at radius 2 is 1.90 bits per heavy atom. The fourth-order valence-electron chi connectivity index (χ4n) is 1.98. The number of aliphatic hydroxyl groups excluding tert-OH is 1. The van der Waals surface area contributed by atoms with Gasteiger partial charge in [0, 0.05) is 18.6 Å². The SMILES string of the molecule is CC[C@H](O)c1ccc(N(C)Cc2ccc(Cl)cc2)cn1. The van der Waals surface area contributed by atoms with Gasteiger partial charge in [-0.15, -0.1) is 0 Å². The first kappa shape index (κ1) is 14.8. The van der Waals surface area contributed by atoms with E-state index in [1.807, 2.05) is 50.4 Å². The van der Waals surface area contributed by atoms with Crippen LogP contribution in [0.2, 0.25) is 5.02 Å². The minimum absolute atomic E-state index is 0.481. The van der Waals surface area contributed by atoms with Crippen LogP contribution in [0.3, 0.4) is 0 Å². The van der Waals surface area contributed by atoms with Crippen molar-refractivity contribution in [3.63, 3.8) is 0 Å². The Bertz CT molecular complexity index is 539. The second-order valence-electron chi connectivity index (χ2n) is 4.85. The number of hydrogen-bond acceptors (Lipinski definition) is 3. The van der Waals surface area contributed by atoms with Gasteiger partial charge in [0.15, 0.2) is 0 Å². The number of aliphatic hydroxyl groups is 1. The quantitative estimate of drug-likeness (QED) is 0.909. The predicted molar refractivity (Wildman–Crippen MR) is 83.0 cm³/mol. The number of pyridine rings is 1. The molecule has 20 heavy (non-hydrogen) atoms. The minimum Gasteiger partial charge on any atom is -0.387 e. The summed E-state index contributed by atoms with van der Waals surface area (Å²) in [5.41, 5.74) is 2.93. The monoisotopic (exact) mass is 290 g/mol. The molecule has 0 aliphatic carbocycles. The van der Waals surface area contributed by atoms with Gasteiger partial charge in [0.2, 0.25) is 0 Å². The molecule has 2 rings (SSSR count). The van der Waals surface area contributed by atoms with E-state index in [2.05, 4.69) is 9.88 Å². The van der Waals surface area contributed by atoms with Crippen LogP contribution >= 0.6 is 11.6 Å². The number of halogens is 1. The summed E-state index contributed by atoms with van der Waals surface area (Å²) in [5, 5.41) is 10.5. The van der Waals surface area contributed by atoms with Gasteiger partial charge in [0.1, 0.15) is 0 Å². The largest absolute Gasteiger partial charge is 0.387 e. The van der Waals surface area contributed by atoms with Gasteiger partial charge in [-0.2, -0.15) is 0 Å². The number of hydrogen-bond donors (Lipinski definition) is 1. The molecule has 0 aliphatic heterocycles. The molecule has 106 valence electrons. The molecule has 0 bridgehead atoms. The molecule has 0 saturated heterocycles. The molecular weight excluding hydrogens is 272 g/mol. The van der Waals surface area contributed by atoms with Crippen molar-refractivity contribution in [1.29, 1.82) is 0 Å². The van der Waals surface area contributed by atoms with E-state index in [-0.39, 0.29) is 0 Å². The summed E-state index contributed by atoms with van der Waals surface area (Å²) in [6, 6.07) is 11.7. The van der Waals surface area contributed by atoms with Crippen molar-refractivity contribution in [2.45, 2.75) is 26.0 Å². The number of rotatable bonds is 5. The van der Waals surface area contributed by atoms with Crippen LogP contribution in [0.15, 0.2) is 42.6 Å². The third kappa shape index (κ3) is 3.71. The van der Waals surface area contributed by atoms with E-state index in [0.717, 1.165) is 22.9 Å². The summed E-state index contributed by atoms with van der Waals surface area (Å²) in [7, 11) is 2.02. The maximum absolute atomic E-state index is 9.73. The van der Waals surface area contributed by atoms with E-state index in [1.54, 1.807) is 6.20 Å². The first-order chi connectivity index (χ1) is 9.60. The fraction of sp³-hybridized carbons (Fsp3) is 0.312. The van der Waals surface area contributed by atoms with Crippen molar-refractivity contribution >= 4 is 17.3 Å². The summed E-state index contributed by atoms with van der Waals surface area (Å²) in [6.07, 6.45) is 1.99. The second kappa shape index (κ2) is 6.73. The van der Waals surface area contributed by atoms with E-state index in [0.29, 0.717) is 6.42 Å². The zero-order valence-electron chi connectivity index (χ0n) is 11.8. The van der Waals surface area contributed by atoms with E-state index in [1.165, 1.54) is 5.56 Å². The summed E-state index contributed by atoms with van der Waals surface area (Å²) in [6.45, 7) is 2.72. The smallest absolute Gasteiger partial charge is 0.0957 e. The molecule has 1 atom stereocenters. The molecule has 0 saturated carbocycles. The van der Waals surface area contributed by atoms with Gasteiger partial charge >= 0.3 is 0 Å². The van der Waals surface area contributed by atoms with Crippen LogP contribution in [0, 0.1) is 0 Å². The normalized spacial score (nSPS) is 12.2. The van der Waals surface area contributed by atoms with Crippen LogP contribution in [-0.4, -0.2) is 17.1 Å². The maximum atomic E-state index is 9.73. The molecule has 0 aliphatic rings. The molecule has 0 amide bonds. The predicted octanol–water partition coefficient (Wildman–Crippen LogP) is 3.81. The number of nitrogens with zero attached hydrogens (tertiary/aromatic N) is 2. The lowest BCUT2D eigenvalue weighted by Crippen LogP contribution is -2.16. The molecule has 0 fully saturated rings. The van der Waals surface area contributed by atoms with Crippen LogP contribution in [-0.2, 0) is 6.54 Å². The summed E-state index contributed by atoms with van der Waals surface area (Å²) in [4.78, 5) is 6.42. The first-order valence-corrected chi connectivity index (χ1v) is 7.07. The van der Waals surface area contributed by atoms with Gasteiger partial charge in [-0.05, 0) is 36.2 Å². The van der Waals surface area contributed by atoms with Crippen molar-refractivity contribution in [2.24, 2.45) is 0 Å². The molecule has 0 radical (unpaired) electrons. The van der Waals surface area contributed by atoms with Gasteiger partial charge in [0.05, 0.1) is 23.7 Å². The van der Waals surface area contributed by atoms with Crippen LogP contribution < -0.4 is 4.90 Å². The summed E-state index contributed by atoms with van der Waals surface area (Å²) in [5.74, 6) is 0. The molecule has 0 spiro atoms. The molecule has 1 aromatic carbocycles. The zero-order chi connectivity index (χ0) is 14.5. The maximum Gasteiger partial charge on any atom is 0.0957 e. The highest BCUT2D eigenvalue weighted by molar-refractivity contribution is 6.30. The molecule has 1 aromatic heterocycles. The summed E-state index contributed by atoms with van der Waals surface area (Å²) >= 11 is 5.88. The minimum atomic E-state index is -0.481. The van der Waals surface area contributed by atoms with Crippen LogP contribution in [0.1, 0.15) is 30.7 Å². The average molecular weight is 291 g/mol. The second-order valence-corrected chi connectivity index (χ2v) is 5.28. The Kier molecular flexibility index (Phi) is 4.99. The number of benzene rings is 1. The molecule has 1 N–H and O–H groups in total. The van der Waals surface area contributed by atoms with E-state index in [4.69, 9.17) is 11.6 Å². The Morgan fingerprint density at radius 3 is 2.45 bits per heavy atom. The highest BCUT2D eigenvalue weighted by atomic mass is 35.5.